The number of ether oxygens (including phenoxy) is 2. The van der Waals surface area contributed by atoms with Crippen LogP contribution < -0.4 is 5.32 Å². The molecule has 1 unspecified atom stereocenters. The van der Waals surface area contributed by atoms with Crippen LogP contribution in [-0.4, -0.2) is 42.7 Å². The summed E-state index contributed by atoms with van der Waals surface area (Å²) >= 11 is 0. The molecule has 2 N–H and O–H groups in total. The van der Waals surface area contributed by atoms with Gasteiger partial charge in [0.15, 0.2) is 0 Å². The molecular formula is C13H23N3O2. The zero-order valence-electron chi connectivity index (χ0n) is 11.1. The van der Waals surface area contributed by atoms with Gasteiger partial charge in [-0.2, -0.15) is 5.10 Å². The molecule has 0 aromatic carbocycles. The van der Waals surface area contributed by atoms with E-state index in [1.54, 1.807) is 0 Å². The van der Waals surface area contributed by atoms with E-state index in [1.807, 2.05) is 13.1 Å². The molecule has 2 rings (SSSR count). The largest absolute Gasteiger partial charge is 0.379 e. The predicted octanol–water partition coefficient (Wildman–Crippen LogP) is 1.39. The van der Waals surface area contributed by atoms with Crippen molar-refractivity contribution in [2.24, 2.45) is 0 Å². The lowest BCUT2D eigenvalue weighted by Gasteiger charge is -2.10. The topological polar surface area (TPSA) is 59.2 Å². The molecule has 0 spiro atoms. The minimum Gasteiger partial charge on any atom is -0.379 e. The normalized spacial score (nSPS) is 19.5. The molecule has 0 radical (unpaired) electrons. The Morgan fingerprint density at radius 1 is 1.61 bits per heavy atom. The zero-order chi connectivity index (χ0) is 12.6. The van der Waals surface area contributed by atoms with Gasteiger partial charge in [-0.25, -0.2) is 0 Å². The van der Waals surface area contributed by atoms with Gasteiger partial charge in [0.1, 0.15) is 0 Å². The molecular weight excluding hydrogens is 230 g/mol. The molecule has 0 bridgehead atoms. The van der Waals surface area contributed by atoms with Crippen LogP contribution in [0.25, 0.3) is 0 Å². The van der Waals surface area contributed by atoms with Crippen LogP contribution in [0.1, 0.15) is 30.5 Å². The SMILES string of the molecule is Cc1[nH]ncc1CNCCCOCC1CCCO1. The molecule has 1 aromatic heterocycles. The van der Waals surface area contributed by atoms with Crippen LogP contribution in [0.15, 0.2) is 6.20 Å². The third-order valence-electron chi connectivity index (χ3n) is 3.22. The Hall–Kier alpha value is -0.910. The first-order valence-electron chi connectivity index (χ1n) is 6.75. The first-order valence-corrected chi connectivity index (χ1v) is 6.75. The Balaban J connectivity index is 1.43. The van der Waals surface area contributed by atoms with Crippen molar-refractivity contribution in [3.8, 4) is 0 Å². The maximum atomic E-state index is 5.60. The van der Waals surface area contributed by atoms with Crippen molar-refractivity contribution in [1.82, 2.24) is 15.5 Å². The van der Waals surface area contributed by atoms with Crippen LogP contribution in [0, 0.1) is 6.92 Å². The van der Waals surface area contributed by atoms with Crippen molar-refractivity contribution in [2.45, 2.75) is 38.8 Å². The number of nitrogens with zero attached hydrogens (tertiary/aromatic N) is 1. The smallest absolute Gasteiger partial charge is 0.0809 e. The third kappa shape index (κ3) is 4.40. The second kappa shape index (κ2) is 7.51. The van der Waals surface area contributed by atoms with Crippen LogP contribution in [0.2, 0.25) is 0 Å². The van der Waals surface area contributed by atoms with E-state index in [1.165, 1.54) is 12.0 Å². The molecule has 1 aromatic rings. The fourth-order valence-electron chi connectivity index (χ4n) is 2.07. The van der Waals surface area contributed by atoms with E-state index in [9.17, 15) is 0 Å². The summed E-state index contributed by atoms with van der Waals surface area (Å²) in [6.45, 7) is 6.33. The van der Waals surface area contributed by atoms with Crippen LogP contribution in [0.3, 0.4) is 0 Å². The van der Waals surface area contributed by atoms with Gasteiger partial charge in [0.2, 0.25) is 0 Å². The number of aromatic amines is 1. The number of H-pyrrole nitrogens is 1. The molecule has 18 heavy (non-hydrogen) atoms. The maximum Gasteiger partial charge on any atom is 0.0809 e. The summed E-state index contributed by atoms with van der Waals surface area (Å²) in [7, 11) is 0. The fraction of sp³-hybridized carbons (Fsp3) is 0.769. The number of hydrogen-bond acceptors (Lipinski definition) is 4. The van der Waals surface area contributed by atoms with Gasteiger partial charge in [0.05, 0.1) is 18.9 Å². The molecule has 1 saturated heterocycles. The quantitative estimate of drug-likeness (QED) is 0.687. The van der Waals surface area contributed by atoms with Crippen LogP contribution in [0.5, 0.6) is 0 Å². The summed E-state index contributed by atoms with van der Waals surface area (Å²) in [5, 5.41) is 10.3. The number of nitrogens with one attached hydrogen (secondary N) is 2. The lowest BCUT2D eigenvalue weighted by Crippen LogP contribution is -2.19. The molecule has 0 amide bonds. The van der Waals surface area contributed by atoms with Gasteiger partial charge in [0, 0.05) is 31.0 Å². The first-order chi connectivity index (χ1) is 8.86. The fourth-order valence-corrected chi connectivity index (χ4v) is 2.07. The number of aromatic nitrogens is 2. The Morgan fingerprint density at radius 3 is 3.28 bits per heavy atom. The third-order valence-corrected chi connectivity index (χ3v) is 3.22. The van der Waals surface area contributed by atoms with Crippen molar-refractivity contribution < 1.29 is 9.47 Å². The molecule has 5 nitrogen and oxygen atoms in total. The Morgan fingerprint density at radius 2 is 2.56 bits per heavy atom. The van der Waals surface area contributed by atoms with Crippen LogP contribution in [0.4, 0.5) is 0 Å². The van der Waals surface area contributed by atoms with Crippen LogP contribution in [-0.2, 0) is 16.0 Å². The summed E-state index contributed by atoms with van der Waals surface area (Å²) in [5.74, 6) is 0. The Bertz CT molecular complexity index is 335. The average Bonchev–Trinajstić information content (AvgIpc) is 3.00. The van der Waals surface area contributed by atoms with Crippen molar-refractivity contribution in [3.05, 3.63) is 17.5 Å². The lowest BCUT2D eigenvalue weighted by molar-refractivity contribution is 0.0166. The summed E-state index contributed by atoms with van der Waals surface area (Å²) < 4.78 is 11.1. The van der Waals surface area contributed by atoms with E-state index in [-0.39, 0.29) is 0 Å². The second-order valence-electron chi connectivity index (χ2n) is 4.76. The lowest BCUT2D eigenvalue weighted by atomic mass is 10.2. The Labute approximate surface area is 108 Å². The first kappa shape index (κ1) is 13.5. The van der Waals surface area contributed by atoms with E-state index in [2.05, 4.69) is 15.5 Å². The molecule has 0 saturated carbocycles. The summed E-state index contributed by atoms with van der Waals surface area (Å²) in [6.07, 6.45) is 5.57. The summed E-state index contributed by atoms with van der Waals surface area (Å²) in [5.41, 5.74) is 2.37. The molecule has 2 heterocycles. The van der Waals surface area contributed by atoms with Crippen LogP contribution >= 0.6 is 0 Å². The molecule has 102 valence electrons. The number of aryl methyl sites for hydroxylation is 1. The molecule has 5 heteroatoms. The highest BCUT2D eigenvalue weighted by Crippen LogP contribution is 2.11. The molecule has 1 aliphatic heterocycles. The van der Waals surface area contributed by atoms with Crippen molar-refractivity contribution in [2.75, 3.05) is 26.4 Å². The van der Waals surface area contributed by atoms with Crippen molar-refractivity contribution in [1.29, 1.82) is 0 Å². The second-order valence-corrected chi connectivity index (χ2v) is 4.76. The Kier molecular flexibility index (Phi) is 5.64. The zero-order valence-corrected chi connectivity index (χ0v) is 11.1. The van der Waals surface area contributed by atoms with Crippen molar-refractivity contribution >= 4 is 0 Å². The van der Waals surface area contributed by atoms with Crippen molar-refractivity contribution in [3.63, 3.8) is 0 Å². The van der Waals surface area contributed by atoms with Gasteiger partial charge in [-0.05, 0) is 32.7 Å². The van der Waals surface area contributed by atoms with Gasteiger partial charge < -0.3 is 14.8 Å². The monoisotopic (exact) mass is 253 g/mol. The van der Waals surface area contributed by atoms with E-state index in [0.29, 0.717) is 6.10 Å². The average molecular weight is 253 g/mol. The van der Waals surface area contributed by atoms with E-state index in [0.717, 1.165) is 51.4 Å². The standard InChI is InChI=1S/C13H23N3O2/c1-11-12(9-15-16-11)8-14-5-3-6-17-10-13-4-2-7-18-13/h9,13-14H,2-8,10H2,1H3,(H,15,16). The van der Waals surface area contributed by atoms with Gasteiger partial charge in [-0.3, -0.25) is 5.10 Å². The van der Waals surface area contributed by atoms with Gasteiger partial charge in [-0.15, -0.1) is 0 Å². The number of hydrogen-bond donors (Lipinski definition) is 2. The van der Waals surface area contributed by atoms with E-state index < -0.39 is 0 Å². The highest BCUT2D eigenvalue weighted by Gasteiger charge is 2.14. The molecule has 1 fully saturated rings. The minimum absolute atomic E-state index is 0.339. The molecule has 0 aliphatic carbocycles. The highest BCUT2D eigenvalue weighted by atomic mass is 16.5. The molecule has 1 aliphatic rings. The van der Waals surface area contributed by atoms with Gasteiger partial charge in [0.25, 0.3) is 0 Å². The highest BCUT2D eigenvalue weighted by molar-refractivity contribution is 5.13. The minimum atomic E-state index is 0.339. The van der Waals surface area contributed by atoms with E-state index >= 15 is 0 Å². The summed E-state index contributed by atoms with van der Waals surface area (Å²) in [6, 6.07) is 0. The van der Waals surface area contributed by atoms with Gasteiger partial charge >= 0.3 is 0 Å². The van der Waals surface area contributed by atoms with E-state index in [4.69, 9.17) is 9.47 Å². The summed E-state index contributed by atoms with van der Waals surface area (Å²) in [4.78, 5) is 0. The predicted molar refractivity (Wildman–Crippen MR) is 69.4 cm³/mol. The maximum absolute atomic E-state index is 5.60. The number of rotatable bonds is 8. The molecule has 1 atom stereocenters. The van der Waals surface area contributed by atoms with Gasteiger partial charge in [-0.1, -0.05) is 0 Å².